The average Bonchev–Trinajstić information content (AvgIpc) is 3.27. The van der Waals surface area contributed by atoms with Crippen LogP contribution in [0.5, 0.6) is 5.75 Å². The number of hydrogen-bond donors (Lipinski definition) is 1. The molecule has 0 bridgehead atoms. The van der Waals surface area contributed by atoms with Gasteiger partial charge in [0.15, 0.2) is 9.84 Å². The van der Waals surface area contributed by atoms with Gasteiger partial charge in [-0.05, 0) is 47.8 Å². The fourth-order valence-electron chi connectivity index (χ4n) is 2.98. The molecule has 0 radical (unpaired) electrons. The predicted octanol–water partition coefficient (Wildman–Crippen LogP) is 4.72. The Balaban J connectivity index is 1.89. The largest absolute Gasteiger partial charge is 0.497 e. The smallest absolute Gasteiger partial charge is 0.417 e. The number of ether oxygens (including phenoxy) is 1. The number of nitrogens with one attached hydrogen (secondary N) is 1. The van der Waals surface area contributed by atoms with E-state index in [0.29, 0.717) is 10.6 Å². The van der Waals surface area contributed by atoms with Crippen molar-refractivity contribution in [2.75, 3.05) is 13.7 Å². The molecule has 2 aromatic carbocycles. The summed E-state index contributed by atoms with van der Waals surface area (Å²) in [5.41, 5.74) is -1.65. The molecule has 0 aliphatic carbocycles. The van der Waals surface area contributed by atoms with Gasteiger partial charge in [-0.1, -0.05) is 18.2 Å². The number of amides is 1. The van der Waals surface area contributed by atoms with Crippen LogP contribution >= 0.6 is 11.3 Å². The highest BCUT2D eigenvalue weighted by Gasteiger charge is 2.36. The van der Waals surface area contributed by atoms with Gasteiger partial charge in [0.25, 0.3) is 5.91 Å². The van der Waals surface area contributed by atoms with E-state index in [2.05, 4.69) is 5.32 Å². The molecule has 0 unspecified atom stereocenters. The molecule has 1 aromatic heterocycles. The Morgan fingerprint density at radius 3 is 2.32 bits per heavy atom. The van der Waals surface area contributed by atoms with Gasteiger partial charge in [0, 0.05) is 11.4 Å². The molecule has 0 fully saturated rings. The monoisotopic (exact) mass is 469 g/mol. The maximum absolute atomic E-state index is 13.2. The van der Waals surface area contributed by atoms with E-state index in [-0.39, 0.29) is 11.4 Å². The number of alkyl halides is 3. The third-order valence-corrected chi connectivity index (χ3v) is 7.78. The molecule has 5 nitrogen and oxygen atoms in total. The minimum Gasteiger partial charge on any atom is -0.497 e. The second-order valence-corrected chi connectivity index (χ2v) is 9.59. The Hall–Kier alpha value is -2.85. The number of carbonyl (C=O) groups is 1. The molecule has 0 saturated heterocycles. The molecule has 1 N–H and O–H groups in total. The van der Waals surface area contributed by atoms with Crippen molar-refractivity contribution in [1.82, 2.24) is 5.32 Å². The van der Waals surface area contributed by atoms with Gasteiger partial charge >= 0.3 is 6.18 Å². The topological polar surface area (TPSA) is 72.5 Å². The van der Waals surface area contributed by atoms with E-state index >= 15 is 0 Å². The van der Waals surface area contributed by atoms with Gasteiger partial charge in [-0.2, -0.15) is 13.2 Å². The fourth-order valence-corrected chi connectivity index (χ4v) is 5.76. The Labute approximate surface area is 181 Å². The summed E-state index contributed by atoms with van der Waals surface area (Å²) in [6.07, 6.45) is -4.71. The number of benzene rings is 2. The highest BCUT2D eigenvalue weighted by Crippen LogP contribution is 2.34. The van der Waals surface area contributed by atoms with Crippen molar-refractivity contribution >= 4 is 27.1 Å². The summed E-state index contributed by atoms with van der Waals surface area (Å²) in [5, 5.41) is 2.89. The standard InChI is InChI=1S/C21H18F3NO4S2/c1-29-14-8-10-15(11-9-14)31(27,28)19(18-7-4-12-30-18)13-25-20(26)16-5-2-3-6-17(16)21(22,23)24/h2-12,19H,13H2,1H3,(H,25,26)/t19-/m0/s1. The van der Waals surface area contributed by atoms with Crippen LogP contribution in [0.3, 0.4) is 0 Å². The molecule has 0 spiro atoms. The first-order chi connectivity index (χ1) is 14.6. The summed E-state index contributed by atoms with van der Waals surface area (Å²) in [7, 11) is -2.50. The summed E-state index contributed by atoms with van der Waals surface area (Å²) >= 11 is 1.18. The number of rotatable bonds is 7. The van der Waals surface area contributed by atoms with Gasteiger partial charge in [-0.15, -0.1) is 11.3 Å². The molecule has 1 atom stereocenters. The lowest BCUT2D eigenvalue weighted by atomic mass is 10.1. The van der Waals surface area contributed by atoms with Crippen molar-refractivity contribution in [2.24, 2.45) is 0 Å². The van der Waals surface area contributed by atoms with Crippen LogP contribution in [0.1, 0.15) is 26.0 Å². The highest BCUT2D eigenvalue weighted by molar-refractivity contribution is 7.91. The van der Waals surface area contributed by atoms with Crippen molar-refractivity contribution < 1.29 is 31.1 Å². The molecule has 1 heterocycles. The van der Waals surface area contributed by atoms with E-state index in [1.165, 1.54) is 54.8 Å². The minimum atomic E-state index is -4.71. The molecular weight excluding hydrogens is 451 g/mol. The van der Waals surface area contributed by atoms with Crippen LogP contribution in [-0.2, 0) is 16.0 Å². The molecule has 3 aromatic rings. The van der Waals surface area contributed by atoms with Crippen LogP contribution in [0.4, 0.5) is 13.2 Å². The number of hydrogen-bond acceptors (Lipinski definition) is 5. The zero-order chi connectivity index (χ0) is 22.6. The molecule has 164 valence electrons. The Bertz CT molecular complexity index is 1140. The van der Waals surface area contributed by atoms with Gasteiger partial charge in [-0.3, -0.25) is 4.79 Å². The first-order valence-corrected chi connectivity index (χ1v) is 11.4. The van der Waals surface area contributed by atoms with E-state index in [4.69, 9.17) is 4.74 Å². The zero-order valence-electron chi connectivity index (χ0n) is 16.2. The lowest BCUT2D eigenvalue weighted by molar-refractivity contribution is -0.137. The first kappa shape index (κ1) is 22.8. The second-order valence-electron chi connectivity index (χ2n) is 6.48. The van der Waals surface area contributed by atoms with Crippen molar-refractivity contribution in [1.29, 1.82) is 0 Å². The van der Waals surface area contributed by atoms with Gasteiger partial charge in [0.05, 0.1) is 23.1 Å². The Morgan fingerprint density at radius 2 is 1.74 bits per heavy atom. The molecular formula is C21H18F3NO4S2. The van der Waals surface area contributed by atoms with E-state index in [9.17, 15) is 26.4 Å². The quantitative estimate of drug-likeness (QED) is 0.544. The summed E-state index contributed by atoms with van der Waals surface area (Å²) in [4.78, 5) is 13.0. The van der Waals surface area contributed by atoms with Crippen molar-refractivity contribution in [3.05, 3.63) is 82.0 Å². The number of thiophene rings is 1. The molecule has 31 heavy (non-hydrogen) atoms. The molecule has 0 saturated carbocycles. The molecule has 0 aliphatic rings. The maximum Gasteiger partial charge on any atom is 0.417 e. The van der Waals surface area contributed by atoms with Crippen LogP contribution in [0.2, 0.25) is 0 Å². The predicted molar refractivity (Wildman–Crippen MR) is 111 cm³/mol. The van der Waals surface area contributed by atoms with Crippen molar-refractivity contribution in [2.45, 2.75) is 16.3 Å². The van der Waals surface area contributed by atoms with E-state index in [1.807, 2.05) is 0 Å². The first-order valence-electron chi connectivity index (χ1n) is 9.00. The van der Waals surface area contributed by atoms with Gasteiger partial charge in [0.1, 0.15) is 11.0 Å². The summed E-state index contributed by atoms with van der Waals surface area (Å²) in [5.74, 6) is -0.525. The molecule has 1 amide bonds. The second kappa shape index (κ2) is 9.11. The number of halogens is 3. The number of methoxy groups -OCH3 is 1. The third kappa shape index (κ3) is 5.08. The molecule has 0 aliphatic heterocycles. The average molecular weight is 470 g/mol. The van der Waals surface area contributed by atoms with Crippen LogP contribution in [-0.4, -0.2) is 28.0 Å². The Morgan fingerprint density at radius 1 is 1.06 bits per heavy atom. The summed E-state index contributed by atoms with van der Waals surface area (Å²) < 4.78 is 71.2. The van der Waals surface area contributed by atoms with Gasteiger partial charge in [-0.25, -0.2) is 8.42 Å². The fraction of sp³-hybridized carbons (Fsp3) is 0.190. The van der Waals surface area contributed by atoms with Crippen LogP contribution in [0, 0.1) is 0 Å². The SMILES string of the molecule is COc1ccc(S(=O)(=O)[C@@H](CNC(=O)c2ccccc2C(F)(F)F)c2cccs2)cc1. The lowest BCUT2D eigenvalue weighted by Crippen LogP contribution is -2.32. The summed E-state index contributed by atoms with van der Waals surface area (Å²) in [6.45, 7) is -0.389. The normalized spacial score (nSPS) is 12.9. The molecule has 10 heteroatoms. The van der Waals surface area contributed by atoms with E-state index in [0.717, 1.165) is 12.1 Å². The van der Waals surface area contributed by atoms with E-state index < -0.39 is 38.3 Å². The maximum atomic E-state index is 13.2. The Kier molecular flexibility index (Phi) is 6.71. The van der Waals surface area contributed by atoms with Gasteiger partial charge in [0.2, 0.25) is 0 Å². The van der Waals surface area contributed by atoms with Crippen LogP contribution < -0.4 is 10.1 Å². The van der Waals surface area contributed by atoms with Gasteiger partial charge < -0.3 is 10.1 Å². The minimum absolute atomic E-state index is 0.0108. The number of sulfone groups is 1. The van der Waals surface area contributed by atoms with E-state index in [1.54, 1.807) is 17.5 Å². The summed E-state index contributed by atoms with van der Waals surface area (Å²) in [6, 6.07) is 13.4. The lowest BCUT2D eigenvalue weighted by Gasteiger charge is -2.19. The molecule has 3 rings (SSSR count). The van der Waals surface area contributed by atoms with Crippen molar-refractivity contribution in [3.63, 3.8) is 0 Å². The van der Waals surface area contributed by atoms with Crippen LogP contribution in [0.25, 0.3) is 0 Å². The highest BCUT2D eigenvalue weighted by atomic mass is 32.2. The third-order valence-electron chi connectivity index (χ3n) is 4.55. The van der Waals surface area contributed by atoms with Crippen LogP contribution in [0.15, 0.2) is 70.9 Å². The zero-order valence-corrected chi connectivity index (χ0v) is 17.9. The van der Waals surface area contributed by atoms with Crippen molar-refractivity contribution in [3.8, 4) is 5.75 Å². The number of carbonyl (C=O) groups excluding carboxylic acids is 1.